The van der Waals surface area contributed by atoms with Gasteiger partial charge in [-0.15, -0.1) is 11.3 Å². The normalized spacial score (nSPS) is 25.7. The van der Waals surface area contributed by atoms with Crippen LogP contribution in [0, 0.1) is 24.1 Å². The second-order valence-electron chi connectivity index (χ2n) is 11.0. The lowest BCUT2D eigenvalue weighted by molar-refractivity contribution is -0.152. The number of carbonyl (C=O) groups excluding carboxylic acids is 1. The van der Waals surface area contributed by atoms with E-state index < -0.39 is 44.5 Å². The van der Waals surface area contributed by atoms with Gasteiger partial charge in [0.05, 0.1) is 22.8 Å². The van der Waals surface area contributed by atoms with Crippen LogP contribution in [0.2, 0.25) is 0 Å². The van der Waals surface area contributed by atoms with E-state index in [-0.39, 0.29) is 44.0 Å². The Labute approximate surface area is 242 Å². The van der Waals surface area contributed by atoms with Gasteiger partial charge in [-0.1, -0.05) is 12.1 Å². The molecule has 2 aliphatic heterocycles. The van der Waals surface area contributed by atoms with Crippen molar-refractivity contribution in [2.45, 2.75) is 57.7 Å². The second-order valence-corrected chi connectivity index (χ2v) is 14.1. The molecule has 3 heterocycles. The molecule has 13 heteroatoms. The average molecular weight is 605 g/mol. The summed E-state index contributed by atoms with van der Waals surface area (Å²) < 4.78 is 48.2. The van der Waals surface area contributed by atoms with E-state index in [0.29, 0.717) is 40.5 Å². The Morgan fingerprint density at radius 2 is 1.98 bits per heavy atom. The Morgan fingerprint density at radius 1 is 1.27 bits per heavy atom. The standard InChI is InChI=1S/C28H33FN4O6S2/c1-4-39-26(34)21-22(17-8-11-33(12-9-17)41(37,38)18-14-28(3,15-18)27(35)36)31-24(25-30-10-13-40-25)32-23(21)19-6-5-7-20(29)16(19)2/h5-7,10,13,17-18,23H,4,8-9,11-12,14-15H2,1-3H3,(H,31,32)(H,35,36)/t18-,23?,28+. The van der Waals surface area contributed by atoms with Gasteiger partial charge in [-0.05, 0) is 63.6 Å². The average Bonchev–Trinajstić information content (AvgIpc) is 3.47. The number of thiazole rings is 1. The number of nitrogens with one attached hydrogen (secondary N) is 1. The zero-order valence-corrected chi connectivity index (χ0v) is 24.7. The molecule has 2 N–H and O–H groups in total. The smallest absolute Gasteiger partial charge is 0.338 e. The van der Waals surface area contributed by atoms with Gasteiger partial charge in [-0.2, -0.15) is 0 Å². The number of hydrogen-bond donors (Lipinski definition) is 2. The van der Waals surface area contributed by atoms with Gasteiger partial charge >= 0.3 is 11.9 Å². The molecule has 0 radical (unpaired) electrons. The molecule has 0 bridgehead atoms. The summed E-state index contributed by atoms with van der Waals surface area (Å²) in [5.74, 6) is -1.74. The van der Waals surface area contributed by atoms with E-state index in [1.807, 2.05) is 5.38 Å². The fourth-order valence-electron chi connectivity index (χ4n) is 5.86. The van der Waals surface area contributed by atoms with E-state index >= 15 is 0 Å². The Kier molecular flexibility index (Phi) is 8.05. The summed E-state index contributed by atoms with van der Waals surface area (Å²) in [4.78, 5) is 34.1. The van der Waals surface area contributed by atoms with E-state index in [2.05, 4.69) is 10.3 Å². The molecular weight excluding hydrogens is 571 g/mol. The van der Waals surface area contributed by atoms with Crippen LogP contribution in [-0.2, 0) is 24.3 Å². The quantitative estimate of drug-likeness (QED) is 0.434. The fraction of sp³-hybridized carbons (Fsp3) is 0.500. The Bertz CT molecular complexity index is 1510. The number of amidine groups is 1. The molecule has 5 rings (SSSR count). The number of carboxylic acids is 1. The molecule has 0 amide bonds. The number of aliphatic carboxylic acids is 1. The summed E-state index contributed by atoms with van der Waals surface area (Å²) in [6, 6.07) is 3.84. The van der Waals surface area contributed by atoms with Gasteiger partial charge in [-0.3, -0.25) is 9.79 Å². The lowest BCUT2D eigenvalue weighted by Gasteiger charge is -2.44. The highest BCUT2D eigenvalue weighted by Gasteiger charge is 2.53. The number of carboxylic acid groups (broad SMARTS) is 1. The maximum absolute atomic E-state index is 14.7. The van der Waals surface area contributed by atoms with Crippen LogP contribution >= 0.6 is 11.3 Å². The lowest BCUT2D eigenvalue weighted by Crippen LogP contribution is -2.54. The van der Waals surface area contributed by atoms with Crippen LogP contribution in [0.3, 0.4) is 0 Å². The molecule has 1 saturated carbocycles. The molecule has 41 heavy (non-hydrogen) atoms. The summed E-state index contributed by atoms with van der Waals surface area (Å²) in [5.41, 5.74) is 0.747. The number of benzene rings is 1. The number of sulfonamides is 1. The lowest BCUT2D eigenvalue weighted by atomic mass is 9.70. The number of halogens is 1. The van der Waals surface area contributed by atoms with Gasteiger partial charge in [0.2, 0.25) is 10.0 Å². The van der Waals surface area contributed by atoms with Gasteiger partial charge < -0.3 is 15.2 Å². The number of carbonyl (C=O) groups is 2. The van der Waals surface area contributed by atoms with Crippen molar-refractivity contribution in [2.75, 3.05) is 19.7 Å². The maximum atomic E-state index is 14.7. The van der Waals surface area contributed by atoms with Crippen molar-refractivity contribution in [2.24, 2.45) is 16.3 Å². The number of hydrogen-bond acceptors (Lipinski definition) is 9. The van der Waals surface area contributed by atoms with Crippen LogP contribution in [0.5, 0.6) is 0 Å². The SMILES string of the molecule is CCOC(=O)C1=C(C2CCN(S(=O)(=O)[C@H]3C[C@@](C)(C(=O)O)C3)CC2)NC(c2nccs2)=NC1c1cccc(F)c1C. The topological polar surface area (TPSA) is 138 Å². The Morgan fingerprint density at radius 3 is 2.59 bits per heavy atom. The first-order valence-electron chi connectivity index (χ1n) is 13.6. The van der Waals surface area contributed by atoms with Gasteiger partial charge in [0.15, 0.2) is 10.8 Å². The maximum Gasteiger partial charge on any atom is 0.338 e. The first-order chi connectivity index (χ1) is 19.5. The van der Waals surface area contributed by atoms with Crippen molar-refractivity contribution in [3.05, 3.63) is 63.0 Å². The fourth-order valence-corrected chi connectivity index (χ4v) is 8.74. The third-order valence-corrected chi connectivity index (χ3v) is 11.4. The van der Waals surface area contributed by atoms with E-state index in [0.717, 1.165) is 0 Å². The minimum absolute atomic E-state index is 0.0899. The third kappa shape index (κ3) is 5.42. The third-order valence-electron chi connectivity index (χ3n) is 8.33. The number of aliphatic imine (C=N–C) groups is 1. The van der Waals surface area contributed by atoms with E-state index in [1.54, 1.807) is 39.1 Å². The van der Waals surface area contributed by atoms with Crippen molar-refractivity contribution in [1.82, 2.24) is 14.6 Å². The van der Waals surface area contributed by atoms with Gasteiger partial charge in [0.25, 0.3) is 0 Å². The van der Waals surface area contributed by atoms with Crippen LogP contribution in [-0.4, -0.2) is 65.5 Å². The van der Waals surface area contributed by atoms with Crippen LogP contribution in [0.1, 0.15) is 61.7 Å². The number of allylic oxidation sites excluding steroid dienone is 1. The molecule has 1 unspecified atom stereocenters. The van der Waals surface area contributed by atoms with Crippen LogP contribution < -0.4 is 5.32 Å². The number of aromatic nitrogens is 1. The molecular formula is C28H33FN4O6S2. The van der Waals surface area contributed by atoms with Gasteiger partial charge in [-0.25, -0.2) is 26.9 Å². The zero-order valence-electron chi connectivity index (χ0n) is 23.1. The molecule has 1 atom stereocenters. The van der Waals surface area contributed by atoms with Crippen LogP contribution in [0.25, 0.3) is 0 Å². The second kappa shape index (κ2) is 11.3. The molecule has 0 spiro atoms. The number of esters is 1. The predicted octanol–water partition coefficient (Wildman–Crippen LogP) is 3.79. The molecule has 1 saturated heterocycles. The van der Waals surface area contributed by atoms with E-state index in [1.165, 1.54) is 21.7 Å². The zero-order chi connectivity index (χ0) is 29.5. The summed E-state index contributed by atoms with van der Waals surface area (Å²) in [5, 5.41) is 14.4. The first kappa shape index (κ1) is 29.3. The largest absolute Gasteiger partial charge is 0.481 e. The molecule has 2 aromatic rings. The van der Waals surface area contributed by atoms with Crippen molar-refractivity contribution in [3.63, 3.8) is 0 Å². The highest BCUT2D eigenvalue weighted by atomic mass is 32.2. The number of rotatable bonds is 8. The predicted molar refractivity (Wildman–Crippen MR) is 151 cm³/mol. The van der Waals surface area contributed by atoms with Gasteiger partial charge in [0, 0.05) is 36.3 Å². The molecule has 1 aromatic heterocycles. The molecule has 1 aliphatic carbocycles. The molecule has 220 valence electrons. The number of ether oxygens (including phenoxy) is 1. The van der Waals surface area contributed by atoms with Crippen LogP contribution in [0.15, 0.2) is 46.0 Å². The van der Waals surface area contributed by atoms with E-state index in [9.17, 15) is 27.5 Å². The minimum Gasteiger partial charge on any atom is -0.481 e. The number of piperidine rings is 1. The van der Waals surface area contributed by atoms with Crippen molar-refractivity contribution in [3.8, 4) is 0 Å². The summed E-state index contributed by atoms with van der Waals surface area (Å²) in [6.07, 6.45) is 2.68. The monoisotopic (exact) mass is 604 g/mol. The highest BCUT2D eigenvalue weighted by Crippen LogP contribution is 2.46. The molecule has 10 nitrogen and oxygen atoms in total. The van der Waals surface area contributed by atoms with Crippen LogP contribution in [0.4, 0.5) is 4.39 Å². The molecule has 2 fully saturated rings. The van der Waals surface area contributed by atoms with Crippen molar-refractivity contribution < 1.29 is 32.2 Å². The van der Waals surface area contributed by atoms with Crippen molar-refractivity contribution in [1.29, 1.82) is 0 Å². The first-order valence-corrected chi connectivity index (χ1v) is 16.0. The minimum atomic E-state index is -3.66. The van der Waals surface area contributed by atoms with E-state index in [4.69, 9.17) is 9.73 Å². The summed E-state index contributed by atoms with van der Waals surface area (Å²) in [6.45, 7) is 5.52. The summed E-state index contributed by atoms with van der Waals surface area (Å²) in [7, 11) is -3.66. The Balaban J connectivity index is 1.47. The highest BCUT2D eigenvalue weighted by molar-refractivity contribution is 7.89. The Hall–Kier alpha value is -3.16. The molecule has 3 aliphatic rings. The van der Waals surface area contributed by atoms with Gasteiger partial charge in [0.1, 0.15) is 11.9 Å². The molecule has 1 aromatic carbocycles. The van der Waals surface area contributed by atoms with Crippen molar-refractivity contribution >= 4 is 39.1 Å². The number of nitrogens with zero attached hydrogens (tertiary/aromatic N) is 3. The summed E-state index contributed by atoms with van der Waals surface area (Å²) >= 11 is 1.37.